The second-order valence-corrected chi connectivity index (χ2v) is 4.29. The van der Waals surface area contributed by atoms with Crippen LogP contribution in [0.4, 0.5) is 0 Å². The highest BCUT2D eigenvalue weighted by Gasteiger charge is 2.06. The smallest absolute Gasteiger partial charge is 0.150 e. The van der Waals surface area contributed by atoms with Crippen LogP contribution in [0.3, 0.4) is 0 Å². The van der Waals surface area contributed by atoms with Gasteiger partial charge in [-0.1, -0.05) is 29.5 Å². The average Bonchev–Trinajstić information content (AvgIpc) is 3.16. The van der Waals surface area contributed by atoms with Crippen LogP contribution in [0.2, 0.25) is 0 Å². The molecule has 1 aromatic heterocycles. The molecule has 20 heavy (non-hydrogen) atoms. The fourth-order valence-electron chi connectivity index (χ4n) is 2.02. The maximum atomic E-state index is 10.4. The first kappa shape index (κ1) is 12.2. The summed E-state index contributed by atoms with van der Waals surface area (Å²) in [6.45, 7) is 0. The molecule has 2 aromatic rings. The van der Waals surface area contributed by atoms with Crippen LogP contribution in [0.5, 0.6) is 5.75 Å². The number of hydrogen-bond donors (Lipinski definition) is 2. The van der Waals surface area contributed by atoms with Gasteiger partial charge in [-0.05, 0) is 24.3 Å². The van der Waals surface area contributed by atoms with Crippen LogP contribution < -0.4 is 15.4 Å². The zero-order chi connectivity index (χ0) is 13.9. The Bertz CT molecular complexity index is 784. The minimum Gasteiger partial charge on any atom is -0.505 e. The number of hydrogen-bond acceptors (Lipinski definition) is 4. The Labute approximate surface area is 115 Å². The Morgan fingerprint density at radius 1 is 1.15 bits per heavy atom. The third-order valence-corrected chi connectivity index (χ3v) is 3.08. The molecule has 1 aromatic carbocycles. The quantitative estimate of drug-likeness (QED) is 0.844. The highest BCUT2D eigenvalue weighted by Crippen LogP contribution is 2.14. The lowest BCUT2D eigenvalue weighted by Gasteiger charge is -2.01. The molecule has 100 valence electrons. The number of H-pyrrole nitrogens is 1. The van der Waals surface area contributed by atoms with Gasteiger partial charge in [-0.25, -0.2) is 0 Å². The van der Waals surface area contributed by atoms with Gasteiger partial charge in [0.15, 0.2) is 0 Å². The summed E-state index contributed by atoms with van der Waals surface area (Å²) in [4.78, 5) is 0. The molecular formula is C15H13N3O2. The number of nitrogens with zero attached hydrogens (tertiary/aromatic N) is 2. The van der Waals surface area contributed by atoms with Gasteiger partial charge in [0.1, 0.15) is 22.2 Å². The van der Waals surface area contributed by atoms with Crippen molar-refractivity contribution >= 4 is 11.3 Å². The summed E-state index contributed by atoms with van der Waals surface area (Å²) in [6.07, 6.45) is 7.67. The molecule has 0 atom stereocenters. The summed E-state index contributed by atoms with van der Waals surface area (Å²) in [5.41, 5.74) is 1.58. The van der Waals surface area contributed by atoms with E-state index in [0.29, 0.717) is 16.3 Å². The van der Waals surface area contributed by atoms with Crippen molar-refractivity contribution in [3.05, 3.63) is 64.8 Å². The number of aliphatic hydroxyl groups is 1. The van der Waals surface area contributed by atoms with Crippen LogP contribution in [0.25, 0.3) is 11.3 Å². The largest absolute Gasteiger partial charge is 0.505 e. The zero-order valence-electron chi connectivity index (χ0n) is 10.9. The molecule has 0 saturated heterocycles. The van der Waals surface area contributed by atoms with Gasteiger partial charge in [0.05, 0.1) is 7.11 Å². The predicted molar refractivity (Wildman–Crippen MR) is 75.5 cm³/mol. The van der Waals surface area contributed by atoms with E-state index in [1.165, 1.54) is 0 Å². The van der Waals surface area contributed by atoms with Crippen LogP contribution in [0.15, 0.2) is 48.6 Å². The van der Waals surface area contributed by atoms with E-state index >= 15 is 0 Å². The van der Waals surface area contributed by atoms with Gasteiger partial charge >= 0.3 is 0 Å². The van der Waals surface area contributed by atoms with Crippen molar-refractivity contribution in [3.63, 3.8) is 0 Å². The minimum atomic E-state index is 0.105. The van der Waals surface area contributed by atoms with Crippen LogP contribution >= 0.6 is 0 Å². The van der Waals surface area contributed by atoms with Crippen LogP contribution in [-0.2, 0) is 0 Å². The third kappa shape index (κ3) is 2.09. The van der Waals surface area contributed by atoms with Gasteiger partial charge in [0.2, 0.25) is 0 Å². The van der Waals surface area contributed by atoms with Crippen LogP contribution in [-0.4, -0.2) is 27.6 Å². The number of aliphatic hydroxyl groups excluding tert-OH is 1. The number of methoxy groups -OCH3 is 1. The summed E-state index contributed by atoms with van der Waals surface area (Å²) in [7, 11) is 1.60. The van der Waals surface area contributed by atoms with Crippen molar-refractivity contribution in [3.8, 4) is 5.75 Å². The van der Waals surface area contributed by atoms with Crippen molar-refractivity contribution in [1.29, 1.82) is 0 Å². The topological polar surface area (TPSA) is 71.0 Å². The molecule has 0 bridgehead atoms. The maximum absolute atomic E-state index is 10.4. The fourth-order valence-corrected chi connectivity index (χ4v) is 2.02. The first-order valence-electron chi connectivity index (χ1n) is 6.13. The van der Waals surface area contributed by atoms with E-state index in [1.807, 2.05) is 24.3 Å². The van der Waals surface area contributed by atoms with E-state index in [-0.39, 0.29) is 5.76 Å². The van der Waals surface area contributed by atoms with E-state index in [2.05, 4.69) is 15.4 Å². The van der Waals surface area contributed by atoms with E-state index in [9.17, 15) is 5.11 Å². The van der Waals surface area contributed by atoms with Crippen molar-refractivity contribution in [2.75, 3.05) is 7.11 Å². The van der Waals surface area contributed by atoms with Gasteiger partial charge in [-0.2, -0.15) is 0 Å². The Morgan fingerprint density at radius 3 is 2.50 bits per heavy atom. The second-order valence-electron chi connectivity index (χ2n) is 4.29. The first-order chi connectivity index (χ1) is 9.79. The zero-order valence-corrected chi connectivity index (χ0v) is 10.9. The van der Waals surface area contributed by atoms with Crippen molar-refractivity contribution < 1.29 is 9.84 Å². The van der Waals surface area contributed by atoms with Crippen molar-refractivity contribution in [2.24, 2.45) is 0 Å². The molecule has 3 rings (SSSR count). The SMILES string of the molecule is COc1ccc(/C(O)=c2\[nH]nnc2=C2C=CC=C2)cc1. The van der Waals surface area contributed by atoms with Gasteiger partial charge in [-0.3, -0.25) is 5.10 Å². The van der Waals surface area contributed by atoms with E-state index in [4.69, 9.17) is 4.74 Å². The Hall–Kier alpha value is -2.82. The summed E-state index contributed by atoms with van der Waals surface area (Å²) >= 11 is 0. The molecule has 1 aliphatic rings. The summed E-state index contributed by atoms with van der Waals surface area (Å²) < 4.78 is 5.10. The number of nitrogens with one attached hydrogen (secondary N) is 1. The second kappa shape index (κ2) is 5.05. The van der Waals surface area contributed by atoms with Crippen LogP contribution in [0, 0.1) is 0 Å². The molecule has 1 heterocycles. The number of aromatic amines is 1. The monoisotopic (exact) mass is 267 g/mol. The van der Waals surface area contributed by atoms with E-state index in [1.54, 1.807) is 31.4 Å². The number of benzene rings is 1. The lowest BCUT2D eigenvalue weighted by atomic mass is 10.1. The molecule has 0 amide bonds. The summed E-state index contributed by atoms with van der Waals surface area (Å²) in [5.74, 6) is 0.842. The highest BCUT2D eigenvalue weighted by atomic mass is 16.5. The molecule has 0 fully saturated rings. The van der Waals surface area contributed by atoms with Crippen molar-refractivity contribution in [1.82, 2.24) is 15.4 Å². The molecule has 5 heteroatoms. The number of aromatic nitrogens is 3. The molecule has 0 aliphatic heterocycles. The normalized spacial score (nSPS) is 14.8. The number of rotatable bonds is 2. The van der Waals surface area contributed by atoms with Crippen molar-refractivity contribution in [2.45, 2.75) is 0 Å². The van der Waals surface area contributed by atoms with E-state index in [0.717, 1.165) is 11.3 Å². The summed E-state index contributed by atoms with van der Waals surface area (Å²) in [5, 5.41) is 22.1. The van der Waals surface area contributed by atoms with Gasteiger partial charge in [0.25, 0.3) is 0 Å². The lowest BCUT2D eigenvalue weighted by Crippen LogP contribution is -2.29. The fraction of sp³-hybridized carbons (Fsp3) is 0.0667. The molecule has 0 saturated carbocycles. The van der Waals surface area contributed by atoms with Crippen LogP contribution in [0.1, 0.15) is 5.56 Å². The molecule has 5 nitrogen and oxygen atoms in total. The molecule has 2 N–H and O–H groups in total. The minimum absolute atomic E-state index is 0.105. The molecule has 0 spiro atoms. The average molecular weight is 267 g/mol. The highest BCUT2D eigenvalue weighted by molar-refractivity contribution is 5.71. The Balaban J connectivity index is 2.20. The van der Waals surface area contributed by atoms with E-state index < -0.39 is 0 Å². The molecule has 0 unspecified atom stereocenters. The molecular weight excluding hydrogens is 254 g/mol. The third-order valence-electron chi connectivity index (χ3n) is 3.08. The summed E-state index contributed by atoms with van der Waals surface area (Å²) in [6, 6.07) is 7.14. The first-order valence-corrected chi connectivity index (χ1v) is 6.13. The number of ether oxygens (including phenoxy) is 1. The Kier molecular flexibility index (Phi) is 3.09. The van der Waals surface area contributed by atoms with Gasteiger partial charge < -0.3 is 9.84 Å². The maximum Gasteiger partial charge on any atom is 0.150 e. The van der Waals surface area contributed by atoms with Gasteiger partial charge in [-0.15, -0.1) is 5.10 Å². The molecule has 0 radical (unpaired) electrons. The molecule has 1 aliphatic carbocycles. The van der Waals surface area contributed by atoms with Gasteiger partial charge in [0, 0.05) is 11.1 Å². The standard InChI is InChI=1S/C15H13N3O2/c1-20-12-8-6-11(7-9-12)15(19)14-13(16-18-17-14)10-4-2-3-5-10/h2-9,19H,1H3,(H,16,17)/b15-14+. The number of allylic oxidation sites excluding steroid dienone is 4. The predicted octanol–water partition coefficient (Wildman–Crippen LogP) is 0.804. The lowest BCUT2D eigenvalue weighted by molar-refractivity contribution is 0.414. The Morgan fingerprint density at radius 2 is 1.85 bits per heavy atom.